The highest BCUT2D eigenvalue weighted by Gasteiger charge is 2.17. The molecule has 118 valence electrons. The van der Waals surface area contributed by atoms with Crippen LogP contribution in [0, 0.1) is 0 Å². The number of rotatable bonds is 5. The summed E-state index contributed by atoms with van der Waals surface area (Å²) in [6.07, 6.45) is 2.49. The highest BCUT2D eigenvalue weighted by atomic mass is 32.2. The number of pyridine rings is 1. The number of benzene rings is 1. The zero-order valence-electron chi connectivity index (χ0n) is 12.6. The number of aromatic nitrogens is 1. The molecule has 4 nitrogen and oxygen atoms in total. The van der Waals surface area contributed by atoms with E-state index in [1.54, 1.807) is 18.3 Å². The predicted molar refractivity (Wildman–Crippen MR) is 94.2 cm³/mol. The summed E-state index contributed by atoms with van der Waals surface area (Å²) in [6.45, 7) is 2.00. The molecule has 1 N–H and O–H groups in total. The van der Waals surface area contributed by atoms with Crippen molar-refractivity contribution in [1.29, 1.82) is 0 Å². The predicted octanol–water partition coefficient (Wildman–Crippen LogP) is 4.17. The van der Waals surface area contributed by atoms with Gasteiger partial charge in [0.15, 0.2) is 0 Å². The molecular weight excluding hydrogens is 328 g/mol. The van der Waals surface area contributed by atoms with Gasteiger partial charge in [0, 0.05) is 16.6 Å². The van der Waals surface area contributed by atoms with Crippen molar-refractivity contribution in [1.82, 2.24) is 4.98 Å². The van der Waals surface area contributed by atoms with E-state index in [9.17, 15) is 8.42 Å². The first-order chi connectivity index (χ1) is 11.1. The van der Waals surface area contributed by atoms with Crippen LogP contribution in [0.15, 0.2) is 65.0 Å². The lowest BCUT2D eigenvalue weighted by molar-refractivity contribution is 0.603. The van der Waals surface area contributed by atoms with Gasteiger partial charge in [0.25, 0.3) is 10.0 Å². The van der Waals surface area contributed by atoms with Gasteiger partial charge in [-0.15, -0.1) is 11.3 Å². The summed E-state index contributed by atoms with van der Waals surface area (Å²) in [5.74, 6) is 0.316. The lowest BCUT2D eigenvalue weighted by Gasteiger charge is -2.06. The van der Waals surface area contributed by atoms with Gasteiger partial charge < -0.3 is 0 Å². The second-order valence-electron chi connectivity index (χ2n) is 4.98. The summed E-state index contributed by atoms with van der Waals surface area (Å²) < 4.78 is 27.5. The van der Waals surface area contributed by atoms with Crippen LogP contribution in [0.3, 0.4) is 0 Å². The van der Waals surface area contributed by atoms with Gasteiger partial charge in [-0.1, -0.05) is 37.3 Å². The van der Waals surface area contributed by atoms with Gasteiger partial charge in [-0.05, 0) is 36.2 Å². The molecule has 2 aromatic heterocycles. The van der Waals surface area contributed by atoms with Crippen LogP contribution >= 0.6 is 11.3 Å². The van der Waals surface area contributed by atoms with Crippen molar-refractivity contribution in [2.24, 2.45) is 0 Å². The molecule has 6 heteroatoms. The van der Waals surface area contributed by atoms with Crippen LogP contribution in [0.4, 0.5) is 5.82 Å². The third kappa shape index (κ3) is 3.60. The van der Waals surface area contributed by atoms with Crippen molar-refractivity contribution in [3.05, 3.63) is 65.7 Å². The van der Waals surface area contributed by atoms with Crippen molar-refractivity contribution < 1.29 is 8.42 Å². The fourth-order valence-corrected chi connectivity index (χ4v) is 4.44. The zero-order chi connectivity index (χ0) is 16.3. The second-order valence-corrected chi connectivity index (χ2v) is 8.06. The fraction of sp³-hybridized carbons (Fsp3) is 0.118. The van der Waals surface area contributed by atoms with Crippen LogP contribution in [0.2, 0.25) is 0 Å². The first-order valence-corrected chi connectivity index (χ1v) is 9.51. The molecule has 3 rings (SSSR count). The third-order valence-electron chi connectivity index (χ3n) is 3.36. The standard InChI is InChI=1S/C17H16N2O2S2/c1-2-15-9-11-17(22-15)23(20,21)19-16-10-8-14(12-18-16)13-6-4-3-5-7-13/h3-12H,2H2,1H3,(H,18,19). The number of aryl methyl sites for hydroxylation is 1. The highest BCUT2D eigenvalue weighted by molar-refractivity contribution is 7.94. The average Bonchev–Trinajstić information content (AvgIpc) is 3.06. The lowest BCUT2D eigenvalue weighted by atomic mass is 10.1. The van der Waals surface area contributed by atoms with Crippen LogP contribution in [0.1, 0.15) is 11.8 Å². The van der Waals surface area contributed by atoms with Gasteiger partial charge in [-0.25, -0.2) is 13.4 Å². The number of hydrogen-bond acceptors (Lipinski definition) is 4. The number of nitrogens with zero attached hydrogens (tertiary/aromatic N) is 1. The molecule has 0 atom stereocenters. The van der Waals surface area contributed by atoms with Gasteiger partial charge >= 0.3 is 0 Å². The molecule has 0 aliphatic heterocycles. The number of thiophene rings is 1. The minimum atomic E-state index is -3.57. The van der Waals surface area contributed by atoms with Crippen LogP contribution < -0.4 is 4.72 Å². The van der Waals surface area contributed by atoms with Crippen molar-refractivity contribution in [3.8, 4) is 11.1 Å². The summed E-state index contributed by atoms with van der Waals surface area (Å²) in [4.78, 5) is 5.25. The zero-order valence-corrected chi connectivity index (χ0v) is 14.2. The van der Waals surface area contributed by atoms with Crippen molar-refractivity contribution in [3.63, 3.8) is 0 Å². The summed E-state index contributed by atoms with van der Waals surface area (Å²) >= 11 is 1.28. The summed E-state index contributed by atoms with van der Waals surface area (Å²) in [7, 11) is -3.57. The van der Waals surface area contributed by atoms with E-state index in [0.717, 1.165) is 22.4 Å². The molecule has 0 radical (unpaired) electrons. The Morgan fingerprint density at radius 1 is 1.00 bits per heavy atom. The van der Waals surface area contributed by atoms with Gasteiger partial charge in [0.05, 0.1) is 0 Å². The van der Waals surface area contributed by atoms with Crippen LogP contribution in [0.5, 0.6) is 0 Å². The lowest BCUT2D eigenvalue weighted by Crippen LogP contribution is -2.12. The van der Waals surface area contributed by atoms with E-state index < -0.39 is 10.0 Å². The number of nitrogens with one attached hydrogen (secondary N) is 1. The molecule has 0 saturated carbocycles. The molecule has 2 heterocycles. The van der Waals surface area contributed by atoms with Crippen molar-refractivity contribution >= 4 is 27.2 Å². The SMILES string of the molecule is CCc1ccc(S(=O)(=O)Nc2ccc(-c3ccccc3)cn2)s1. The Morgan fingerprint density at radius 2 is 1.78 bits per heavy atom. The molecule has 3 aromatic rings. The van der Waals surface area contributed by atoms with Gasteiger partial charge in [0.2, 0.25) is 0 Å². The smallest absolute Gasteiger partial charge is 0.263 e. The maximum atomic E-state index is 12.3. The van der Waals surface area contributed by atoms with Crippen LogP contribution in [-0.2, 0) is 16.4 Å². The molecule has 0 unspecified atom stereocenters. The Bertz CT molecular complexity index is 886. The first kappa shape index (κ1) is 15.7. The molecule has 23 heavy (non-hydrogen) atoms. The van der Waals surface area contributed by atoms with Gasteiger partial charge in [-0.3, -0.25) is 4.72 Å². The molecule has 0 aliphatic carbocycles. The topological polar surface area (TPSA) is 59.1 Å². The Morgan fingerprint density at radius 3 is 2.39 bits per heavy atom. The van der Waals surface area contributed by atoms with Crippen LogP contribution in [-0.4, -0.2) is 13.4 Å². The van der Waals surface area contributed by atoms with E-state index in [4.69, 9.17) is 0 Å². The molecule has 0 fully saturated rings. The monoisotopic (exact) mass is 344 g/mol. The Hall–Kier alpha value is -2.18. The van der Waals surface area contributed by atoms with Gasteiger partial charge in [-0.2, -0.15) is 0 Å². The summed E-state index contributed by atoms with van der Waals surface area (Å²) in [5.41, 5.74) is 1.98. The molecule has 0 aliphatic rings. The molecule has 0 spiro atoms. The molecule has 0 saturated heterocycles. The number of hydrogen-bond donors (Lipinski definition) is 1. The van der Waals surface area contributed by atoms with E-state index >= 15 is 0 Å². The minimum absolute atomic E-state index is 0.309. The average molecular weight is 344 g/mol. The first-order valence-electron chi connectivity index (χ1n) is 7.21. The van der Waals surface area contributed by atoms with E-state index in [-0.39, 0.29) is 0 Å². The quantitative estimate of drug-likeness (QED) is 0.755. The molecular formula is C17H16N2O2S2. The largest absolute Gasteiger partial charge is 0.272 e. The third-order valence-corrected chi connectivity index (χ3v) is 6.44. The normalized spacial score (nSPS) is 11.3. The summed E-state index contributed by atoms with van der Waals surface area (Å²) in [5, 5.41) is 0. The molecule has 0 amide bonds. The maximum Gasteiger partial charge on any atom is 0.272 e. The van der Waals surface area contributed by atoms with Gasteiger partial charge in [0.1, 0.15) is 10.0 Å². The number of anilines is 1. The molecule has 0 bridgehead atoms. The van der Waals surface area contributed by atoms with Crippen molar-refractivity contribution in [2.45, 2.75) is 17.6 Å². The van der Waals surface area contributed by atoms with E-state index in [1.165, 1.54) is 11.3 Å². The van der Waals surface area contributed by atoms with E-state index in [1.807, 2.05) is 49.4 Å². The Balaban J connectivity index is 1.80. The van der Waals surface area contributed by atoms with E-state index in [2.05, 4.69) is 9.71 Å². The minimum Gasteiger partial charge on any atom is -0.263 e. The second kappa shape index (κ2) is 6.52. The Kier molecular flexibility index (Phi) is 4.45. The maximum absolute atomic E-state index is 12.3. The Labute approximate surface area is 139 Å². The highest BCUT2D eigenvalue weighted by Crippen LogP contribution is 2.25. The van der Waals surface area contributed by atoms with Crippen molar-refractivity contribution in [2.75, 3.05) is 4.72 Å². The van der Waals surface area contributed by atoms with Crippen LogP contribution in [0.25, 0.3) is 11.1 Å². The summed E-state index contributed by atoms with van der Waals surface area (Å²) in [6, 6.07) is 16.8. The fourth-order valence-electron chi connectivity index (χ4n) is 2.14. The number of sulfonamides is 1. The van der Waals surface area contributed by atoms with E-state index in [0.29, 0.717) is 10.0 Å². The molecule has 1 aromatic carbocycles.